The minimum absolute atomic E-state index is 0. The summed E-state index contributed by atoms with van der Waals surface area (Å²) in [6, 6.07) is 12.9. The number of phenols is 1. The van der Waals surface area contributed by atoms with E-state index in [2.05, 4.69) is 10.2 Å². The number of rotatable bonds is 4. The standard InChI is InChI=1S/C17H12N2O6S.Na/c20-15-7-6-12(9-14(15)17(21)22)19-18-11-5-4-10-2-1-3-16(13(10)8-11)26(23,24)25;/h1-9,20H,(H,21,22)(H,23,24,25);. The van der Waals surface area contributed by atoms with E-state index in [0.717, 1.165) is 6.07 Å². The van der Waals surface area contributed by atoms with E-state index >= 15 is 0 Å². The van der Waals surface area contributed by atoms with Gasteiger partial charge in [-0.1, -0.05) is 18.2 Å². The number of azo groups is 1. The fraction of sp³-hybridized carbons (Fsp3) is 0. The third kappa shape index (κ3) is 4.71. The van der Waals surface area contributed by atoms with Gasteiger partial charge in [0.05, 0.1) is 11.4 Å². The minimum atomic E-state index is -4.40. The van der Waals surface area contributed by atoms with Crippen molar-refractivity contribution in [1.82, 2.24) is 0 Å². The maximum Gasteiger partial charge on any atom is 0.339 e. The molecule has 0 atom stereocenters. The van der Waals surface area contributed by atoms with Gasteiger partial charge in [-0.2, -0.15) is 18.6 Å². The molecule has 0 spiro atoms. The number of aromatic carboxylic acids is 1. The van der Waals surface area contributed by atoms with Gasteiger partial charge in [0.15, 0.2) is 0 Å². The molecule has 133 valence electrons. The summed E-state index contributed by atoms with van der Waals surface area (Å²) in [6.45, 7) is 0. The summed E-state index contributed by atoms with van der Waals surface area (Å²) in [5.41, 5.74) is 0.190. The first-order chi connectivity index (χ1) is 12.3. The van der Waals surface area contributed by atoms with E-state index in [1.165, 1.54) is 30.3 Å². The van der Waals surface area contributed by atoms with Crippen LogP contribution in [-0.2, 0) is 10.1 Å². The predicted octanol–water partition coefficient (Wildman–Crippen LogP) is 3.52. The summed E-state index contributed by atoms with van der Waals surface area (Å²) in [6.07, 6.45) is 0. The van der Waals surface area contributed by atoms with Gasteiger partial charge in [-0.25, -0.2) is 4.79 Å². The second-order valence-electron chi connectivity index (χ2n) is 5.34. The Morgan fingerprint density at radius 1 is 0.926 bits per heavy atom. The first kappa shape index (κ1) is 21.0. The second kappa shape index (κ2) is 8.15. The number of carboxylic acid groups (broad SMARTS) is 1. The van der Waals surface area contributed by atoms with Crippen molar-refractivity contribution in [3.63, 3.8) is 0 Å². The van der Waals surface area contributed by atoms with Gasteiger partial charge in [-0.15, -0.1) is 0 Å². The average Bonchev–Trinajstić information content (AvgIpc) is 2.59. The van der Waals surface area contributed by atoms with Crippen molar-refractivity contribution in [2.24, 2.45) is 10.2 Å². The van der Waals surface area contributed by atoms with Crippen molar-refractivity contribution >= 4 is 67.8 Å². The van der Waals surface area contributed by atoms with Gasteiger partial charge in [0.2, 0.25) is 0 Å². The van der Waals surface area contributed by atoms with Crippen LogP contribution in [0.15, 0.2) is 69.7 Å². The van der Waals surface area contributed by atoms with Crippen molar-refractivity contribution in [3.05, 3.63) is 60.2 Å². The summed E-state index contributed by atoms with van der Waals surface area (Å²) in [4.78, 5) is 10.8. The zero-order valence-electron chi connectivity index (χ0n) is 14.1. The van der Waals surface area contributed by atoms with E-state index in [-0.39, 0.29) is 56.8 Å². The van der Waals surface area contributed by atoms with Gasteiger partial charge in [-0.3, -0.25) is 4.55 Å². The van der Waals surface area contributed by atoms with Crippen molar-refractivity contribution in [2.45, 2.75) is 4.90 Å². The molecule has 3 rings (SSSR count). The minimum Gasteiger partial charge on any atom is -0.507 e. The van der Waals surface area contributed by atoms with Gasteiger partial charge in [0, 0.05) is 34.9 Å². The first-order valence-corrected chi connectivity index (χ1v) is 8.68. The molecule has 3 aromatic carbocycles. The van der Waals surface area contributed by atoms with Crippen molar-refractivity contribution in [2.75, 3.05) is 0 Å². The normalized spacial score (nSPS) is 11.4. The van der Waals surface area contributed by atoms with E-state index < -0.39 is 16.1 Å². The average molecular weight is 395 g/mol. The van der Waals surface area contributed by atoms with Crippen LogP contribution in [0.3, 0.4) is 0 Å². The Morgan fingerprint density at radius 3 is 2.19 bits per heavy atom. The molecule has 0 aliphatic rings. The molecule has 0 aliphatic heterocycles. The number of benzene rings is 3. The number of fused-ring (bicyclic) bond motifs is 1. The van der Waals surface area contributed by atoms with E-state index in [4.69, 9.17) is 5.11 Å². The topological polar surface area (TPSA) is 137 Å². The summed E-state index contributed by atoms with van der Waals surface area (Å²) in [5.74, 6) is -1.69. The molecule has 0 unspecified atom stereocenters. The molecule has 0 heterocycles. The van der Waals surface area contributed by atoms with Crippen LogP contribution in [0.5, 0.6) is 5.75 Å². The van der Waals surface area contributed by atoms with E-state index in [1.54, 1.807) is 18.2 Å². The molecule has 3 N–H and O–H groups in total. The molecule has 27 heavy (non-hydrogen) atoms. The van der Waals surface area contributed by atoms with E-state index in [1.807, 2.05) is 0 Å². The van der Waals surface area contributed by atoms with Crippen LogP contribution < -0.4 is 0 Å². The number of hydrogen-bond acceptors (Lipinski definition) is 6. The van der Waals surface area contributed by atoms with E-state index in [0.29, 0.717) is 11.1 Å². The SMILES string of the molecule is O=C(O)c1cc(N=Nc2ccc3cccc(S(=O)(=O)O)c3c2)ccc1O.[Na]. The largest absolute Gasteiger partial charge is 0.507 e. The number of aromatic hydroxyl groups is 1. The quantitative estimate of drug-likeness (QED) is 0.351. The summed E-state index contributed by atoms with van der Waals surface area (Å²) in [7, 11) is -4.40. The smallest absolute Gasteiger partial charge is 0.339 e. The zero-order valence-corrected chi connectivity index (χ0v) is 16.9. The molecule has 0 aromatic heterocycles. The molecule has 10 heteroatoms. The van der Waals surface area contributed by atoms with Crippen LogP contribution in [0, 0.1) is 0 Å². The monoisotopic (exact) mass is 395 g/mol. The summed E-state index contributed by atoms with van der Waals surface area (Å²) >= 11 is 0. The van der Waals surface area contributed by atoms with Gasteiger partial charge < -0.3 is 10.2 Å². The Hall–Kier alpha value is -2.30. The maximum absolute atomic E-state index is 11.5. The van der Waals surface area contributed by atoms with Crippen LogP contribution in [0.25, 0.3) is 10.8 Å². The number of hydrogen-bond donors (Lipinski definition) is 3. The van der Waals surface area contributed by atoms with Crippen LogP contribution in [0.4, 0.5) is 11.4 Å². The molecule has 3 aromatic rings. The number of carbonyl (C=O) groups is 1. The van der Waals surface area contributed by atoms with Crippen LogP contribution in [0.2, 0.25) is 0 Å². The van der Waals surface area contributed by atoms with Gasteiger partial charge in [0.25, 0.3) is 10.1 Å². The molecule has 0 fully saturated rings. The molecular weight excluding hydrogens is 383 g/mol. The summed E-state index contributed by atoms with van der Waals surface area (Å²) < 4.78 is 32.3. The molecular formula is C17H12N2NaO6S. The molecule has 0 aliphatic carbocycles. The zero-order chi connectivity index (χ0) is 18.9. The number of nitrogens with zero attached hydrogens (tertiary/aromatic N) is 2. The fourth-order valence-corrected chi connectivity index (χ4v) is 3.10. The van der Waals surface area contributed by atoms with Gasteiger partial charge >= 0.3 is 5.97 Å². The Bertz CT molecular complexity index is 1160. The fourth-order valence-electron chi connectivity index (χ4n) is 2.39. The van der Waals surface area contributed by atoms with Crippen molar-refractivity contribution in [1.29, 1.82) is 0 Å². The molecule has 0 saturated heterocycles. The van der Waals surface area contributed by atoms with Crippen LogP contribution >= 0.6 is 0 Å². The Kier molecular flexibility index (Phi) is 6.34. The van der Waals surface area contributed by atoms with Crippen LogP contribution in [-0.4, -0.2) is 58.7 Å². The Labute approximate surface area is 176 Å². The number of carboxylic acids is 1. The Balaban J connectivity index is 0.00000261. The molecule has 1 radical (unpaired) electrons. The van der Waals surface area contributed by atoms with Crippen LogP contribution in [0.1, 0.15) is 10.4 Å². The first-order valence-electron chi connectivity index (χ1n) is 7.24. The molecule has 0 amide bonds. The summed E-state index contributed by atoms with van der Waals surface area (Å²) in [5, 5.41) is 27.2. The van der Waals surface area contributed by atoms with E-state index in [9.17, 15) is 22.9 Å². The Morgan fingerprint density at radius 2 is 1.56 bits per heavy atom. The molecule has 0 saturated carbocycles. The third-order valence-corrected chi connectivity index (χ3v) is 4.51. The van der Waals surface area contributed by atoms with Crippen molar-refractivity contribution < 1.29 is 28.0 Å². The molecule has 0 bridgehead atoms. The third-order valence-electron chi connectivity index (χ3n) is 3.60. The van der Waals surface area contributed by atoms with Gasteiger partial charge in [-0.05, 0) is 41.8 Å². The predicted molar refractivity (Wildman–Crippen MR) is 98.8 cm³/mol. The van der Waals surface area contributed by atoms with Gasteiger partial charge in [0.1, 0.15) is 16.2 Å². The maximum atomic E-state index is 11.5. The second-order valence-corrected chi connectivity index (χ2v) is 6.73. The van der Waals surface area contributed by atoms with Crippen molar-refractivity contribution in [3.8, 4) is 5.75 Å². The molecule has 8 nitrogen and oxygen atoms in total.